The van der Waals surface area contributed by atoms with Crippen LogP contribution in [-0.2, 0) is 28.8 Å². The van der Waals surface area contributed by atoms with Gasteiger partial charge in [-0.3, -0.25) is 4.79 Å². The van der Waals surface area contributed by atoms with Crippen molar-refractivity contribution in [3.63, 3.8) is 0 Å². The molecule has 0 saturated carbocycles. The Kier molecular flexibility index (Phi) is 4.81. The summed E-state index contributed by atoms with van der Waals surface area (Å²) in [6, 6.07) is 9.43. The Bertz CT molecular complexity index is 834. The fraction of sp³-hybridized carbons (Fsp3) is 0.263. The SMILES string of the molecule is COC1Cc2ccc(NC(=O)Cc3ccc(C(=O)O)c(F)c3)cc2C1. The standard InChI is InChI=1S/C19H18FNO4/c1-25-15-9-12-3-4-14(8-13(12)10-15)21-18(22)7-11-2-5-16(19(23)24)17(20)6-11/h2-6,8,15H,7,9-10H2,1H3,(H,21,22)(H,23,24). The highest BCUT2D eigenvalue weighted by Gasteiger charge is 2.21. The van der Waals surface area contributed by atoms with Crippen molar-refractivity contribution in [1.29, 1.82) is 0 Å². The van der Waals surface area contributed by atoms with Crippen molar-refractivity contribution in [1.82, 2.24) is 0 Å². The Morgan fingerprint density at radius 1 is 1.20 bits per heavy atom. The molecule has 0 saturated heterocycles. The molecule has 0 bridgehead atoms. The van der Waals surface area contributed by atoms with Gasteiger partial charge in [-0.15, -0.1) is 0 Å². The van der Waals surface area contributed by atoms with Crippen molar-refractivity contribution >= 4 is 17.6 Å². The van der Waals surface area contributed by atoms with E-state index in [-0.39, 0.29) is 18.4 Å². The van der Waals surface area contributed by atoms with Crippen molar-refractivity contribution in [2.45, 2.75) is 25.4 Å². The summed E-state index contributed by atoms with van der Waals surface area (Å²) in [6.07, 6.45) is 1.83. The lowest BCUT2D eigenvalue weighted by molar-refractivity contribution is -0.115. The summed E-state index contributed by atoms with van der Waals surface area (Å²) in [5.74, 6) is -2.47. The number of carboxylic acids is 1. The van der Waals surface area contributed by atoms with Crippen LogP contribution in [0.2, 0.25) is 0 Å². The third kappa shape index (κ3) is 3.85. The number of carbonyl (C=O) groups excluding carboxylic acids is 1. The van der Waals surface area contributed by atoms with E-state index < -0.39 is 17.3 Å². The normalized spacial score (nSPS) is 15.7. The van der Waals surface area contributed by atoms with Gasteiger partial charge in [0, 0.05) is 12.8 Å². The Morgan fingerprint density at radius 3 is 2.64 bits per heavy atom. The van der Waals surface area contributed by atoms with E-state index in [1.54, 1.807) is 7.11 Å². The first-order valence-electron chi connectivity index (χ1n) is 7.92. The number of carbonyl (C=O) groups is 2. The molecule has 2 aromatic rings. The third-order valence-electron chi connectivity index (χ3n) is 4.35. The van der Waals surface area contributed by atoms with Crippen LogP contribution in [0, 0.1) is 5.82 Å². The molecule has 1 amide bonds. The number of benzene rings is 2. The molecule has 25 heavy (non-hydrogen) atoms. The zero-order valence-electron chi connectivity index (χ0n) is 13.7. The van der Waals surface area contributed by atoms with Crippen LogP contribution >= 0.6 is 0 Å². The van der Waals surface area contributed by atoms with Crippen molar-refractivity contribution in [2.24, 2.45) is 0 Å². The summed E-state index contributed by atoms with van der Waals surface area (Å²) in [4.78, 5) is 23.0. The molecule has 0 aliphatic heterocycles. The second-order valence-electron chi connectivity index (χ2n) is 6.09. The molecule has 2 N–H and O–H groups in total. The number of hydrogen-bond acceptors (Lipinski definition) is 3. The van der Waals surface area contributed by atoms with Crippen molar-refractivity contribution in [3.05, 3.63) is 64.5 Å². The first kappa shape index (κ1) is 17.1. The fourth-order valence-electron chi connectivity index (χ4n) is 3.05. The first-order valence-corrected chi connectivity index (χ1v) is 7.92. The zero-order chi connectivity index (χ0) is 18.0. The van der Waals surface area contributed by atoms with Crippen molar-refractivity contribution in [2.75, 3.05) is 12.4 Å². The summed E-state index contributed by atoms with van der Waals surface area (Å²) >= 11 is 0. The van der Waals surface area contributed by atoms with Crippen LogP contribution in [0.5, 0.6) is 0 Å². The second-order valence-corrected chi connectivity index (χ2v) is 6.09. The van der Waals surface area contributed by atoms with Gasteiger partial charge in [0.1, 0.15) is 5.82 Å². The predicted molar refractivity (Wildman–Crippen MR) is 90.3 cm³/mol. The number of methoxy groups -OCH3 is 1. The summed E-state index contributed by atoms with van der Waals surface area (Å²) in [5, 5.41) is 11.6. The Balaban J connectivity index is 1.66. The Morgan fingerprint density at radius 2 is 1.96 bits per heavy atom. The Labute approximate surface area is 144 Å². The second kappa shape index (κ2) is 7.03. The summed E-state index contributed by atoms with van der Waals surface area (Å²) in [6.45, 7) is 0. The average Bonchev–Trinajstić information content (AvgIpc) is 2.96. The van der Waals surface area contributed by atoms with Crippen LogP contribution in [0.1, 0.15) is 27.0 Å². The maximum Gasteiger partial charge on any atom is 0.338 e. The minimum absolute atomic E-state index is 0.0331. The quantitative estimate of drug-likeness (QED) is 0.875. The lowest BCUT2D eigenvalue weighted by Gasteiger charge is -2.08. The summed E-state index contributed by atoms with van der Waals surface area (Å²) < 4.78 is 19.0. The smallest absolute Gasteiger partial charge is 0.338 e. The summed E-state index contributed by atoms with van der Waals surface area (Å²) in [7, 11) is 1.69. The topological polar surface area (TPSA) is 75.6 Å². The molecular weight excluding hydrogens is 325 g/mol. The number of rotatable bonds is 5. The van der Waals surface area contributed by atoms with Gasteiger partial charge in [0.05, 0.1) is 18.1 Å². The van der Waals surface area contributed by atoms with E-state index in [9.17, 15) is 14.0 Å². The molecular formula is C19H18FNO4. The molecule has 0 heterocycles. The van der Waals surface area contributed by atoms with Crippen molar-refractivity contribution < 1.29 is 23.8 Å². The van der Waals surface area contributed by atoms with E-state index in [4.69, 9.17) is 9.84 Å². The molecule has 1 atom stereocenters. The number of amides is 1. The molecule has 1 aliphatic carbocycles. The number of anilines is 1. The molecule has 3 rings (SSSR count). The minimum atomic E-state index is -1.33. The first-order chi connectivity index (χ1) is 12.0. The van der Waals surface area contributed by atoms with Gasteiger partial charge in [0.2, 0.25) is 5.91 Å². The maximum atomic E-state index is 13.7. The average molecular weight is 343 g/mol. The van der Waals surface area contributed by atoms with Gasteiger partial charge in [0.25, 0.3) is 0 Å². The van der Waals surface area contributed by atoms with Crippen LogP contribution in [0.3, 0.4) is 0 Å². The molecule has 1 aliphatic rings. The van der Waals surface area contributed by atoms with E-state index in [0.29, 0.717) is 11.3 Å². The number of halogens is 1. The van der Waals surface area contributed by atoms with Gasteiger partial charge < -0.3 is 15.2 Å². The predicted octanol–water partition coefficient (Wildman–Crippen LogP) is 2.82. The number of fused-ring (bicyclic) bond motifs is 1. The van der Waals surface area contributed by atoms with Crippen LogP contribution in [-0.4, -0.2) is 30.2 Å². The number of nitrogens with one attached hydrogen (secondary N) is 1. The van der Waals surface area contributed by atoms with Crippen LogP contribution in [0.25, 0.3) is 0 Å². The highest BCUT2D eigenvalue weighted by molar-refractivity contribution is 5.93. The molecule has 2 aromatic carbocycles. The monoisotopic (exact) mass is 343 g/mol. The van der Waals surface area contributed by atoms with Gasteiger partial charge in [-0.1, -0.05) is 12.1 Å². The molecule has 1 unspecified atom stereocenters. The molecule has 0 spiro atoms. The summed E-state index contributed by atoms with van der Waals surface area (Å²) in [5.41, 5.74) is 3.07. The number of carboxylic acid groups (broad SMARTS) is 1. The van der Waals surface area contributed by atoms with Gasteiger partial charge in [-0.05, 0) is 53.8 Å². The maximum absolute atomic E-state index is 13.7. The number of ether oxygens (including phenoxy) is 1. The largest absolute Gasteiger partial charge is 0.478 e. The molecule has 0 radical (unpaired) electrons. The highest BCUT2D eigenvalue weighted by Crippen LogP contribution is 2.26. The van der Waals surface area contributed by atoms with Gasteiger partial charge in [-0.2, -0.15) is 0 Å². The fourth-order valence-corrected chi connectivity index (χ4v) is 3.05. The lowest BCUT2D eigenvalue weighted by Crippen LogP contribution is -2.15. The molecule has 0 aromatic heterocycles. The van der Waals surface area contributed by atoms with Crippen LogP contribution < -0.4 is 5.32 Å². The minimum Gasteiger partial charge on any atom is -0.478 e. The Hall–Kier alpha value is -2.73. The molecule has 0 fully saturated rings. The van der Waals surface area contributed by atoms with E-state index in [2.05, 4.69) is 5.32 Å². The van der Waals surface area contributed by atoms with Gasteiger partial charge in [-0.25, -0.2) is 9.18 Å². The van der Waals surface area contributed by atoms with E-state index in [1.165, 1.54) is 17.7 Å². The van der Waals surface area contributed by atoms with Gasteiger partial charge in [0.15, 0.2) is 0 Å². The third-order valence-corrected chi connectivity index (χ3v) is 4.35. The molecule has 130 valence electrons. The molecule has 6 heteroatoms. The van der Waals surface area contributed by atoms with Crippen LogP contribution in [0.15, 0.2) is 36.4 Å². The lowest BCUT2D eigenvalue weighted by atomic mass is 10.1. The zero-order valence-corrected chi connectivity index (χ0v) is 13.7. The van der Waals surface area contributed by atoms with E-state index >= 15 is 0 Å². The van der Waals surface area contributed by atoms with Crippen molar-refractivity contribution in [3.8, 4) is 0 Å². The number of hydrogen-bond donors (Lipinski definition) is 2. The highest BCUT2D eigenvalue weighted by atomic mass is 19.1. The van der Waals surface area contributed by atoms with E-state index in [1.807, 2.05) is 18.2 Å². The number of aromatic carboxylic acids is 1. The molecule has 5 nitrogen and oxygen atoms in total. The van der Waals surface area contributed by atoms with E-state index in [0.717, 1.165) is 24.5 Å². The van der Waals surface area contributed by atoms with Gasteiger partial charge >= 0.3 is 5.97 Å². The van der Waals surface area contributed by atoms with Crippen LogP contribution in [0.4, 0.5) is 10.1 Å².